The van der Waals surface area contributed by atoms with Crippen LogP contribution < -0.4 is 15.7 Å². The fourth-order valence-electron chi connectivity index (χ4n) is 3.28. The molecule has 158 valence electrons. The second kappa shape index (κ2) is 9.02. The van der Waals surface area contributed by atoms with Gasteiger partial charge in [-0.15, -0.1) is 0 Å². The summed E-state index contributed by atoms with van der Waals surface area (Å²) in [6, 6.07) is 20.7. The lowest BCUT2D eigenvalue weighted by Gasteiger charge is -2.15. The van der Waals surface area contributed by atoms with E-state index in [1.807, 2.05) is 56.6 Å². The summed E-state index contributed by atoms with van der Waals surface area (Å²) >= 11 is 0. The van der Waals surface area contributed by atoms with Crippen molar-refractivity contribution in [2.75, 3.05) is 32.6 Å². The summed E-state index contributed by atoms with van der Waals surface area (Å²) in [6.07, 6.45) is 0. The van der Waals surface area contributed by atoms with E-state index < -0.39 is 5.63 Å². The lowest BCUT2D eigenvalue weighted by atomic mass is 10.0. The largest absolute Gasteiger partial charge is 0.492 e. The van der Waals surface area contributed by atoms with Crippen LogP contribution in [0.4, 0.5) is 15.8 Å². The molecule has 0 atom stereocenters. The van der Waals surface area contributed by atoms with Crippen molar-refractivity contribution in [3.05, 3.63) is 89.0 Å². The van der Waals surface area contributed by atoms with Gasteiger partial charge in [0.2, 0.25) is 0 Å². The normalized spacial score (nSPS) is 11.1. The predicted molar refractivity (Wildman–Crippen MR) is 122 cm³/mol. The Hall–Kier alpha value is -3.64. The van der Waals surface area contributed by atoms with Crippen molar-refractivity contribution in [2.45, 2.75) is 0 Å². The van der Waals surface area contributed by atoms with Crippen LogP contribution in [0.25, 0.3) is 22.1 Å². The first-order valence-electron chi connectivity index (χ1n) is 9.97. The second-order valence-electron chi connectivity index (χ2n) is 7.44. The van der Waals surface area contributed by atoms with Gasteiger partial charge in [-0.1, -0.05) is 24.3 Å². The van der Waals surface area contributed by atoms with Gasteiger partial charge in [0.25, 0.3) is 0 Å². The first-order valence-corrected chi connectivity index (χ1v) is 9.97. The Bertz CT molecular complexity index is 1230. The number of anilines is 2. The van der Waals surface area contributed by atoms with E-state index >= 15 is 0 Å². The molecule has 0 spiro atoms. The van der Waals surface area contributed by atoms with Crippen LogP contribution in [-0.4, -0.2) is 32.1 Å². The van der Waals surface area contributed by atoms with Crippen molar-refractivity contribution in [3.63, 3.8) is 0 Å². The van der Waals surface area contributed by atoms with Gasteiger partial charge >= 0.3 is 5.63 Å². The van der Waals surface area contributed by atoms with E-state index in [0.29, 0.717) is 29.0 Å². The molecule has 1 aromatic heterocycles. The van der Waals surface area contributed by atoms with Crippen molar-refractivity contribution in [1.29, 1.82) is 0 Å². The van der Waals surface area contributed by atoms with Crippen LogP contribution in [0.5, 0.6) is 5.75 Å². The van der Waals surface area contributed by atoms with E-state index in [1.165, 1.54) is 12.1 Å². The molecule has 5 nitrogen and oxygen atoms in total. The predicted octanol–water partition coefficient (Wildman–Crippen LogP) is 5.28. The minimum absolute atomic E-state index is 0.352. The van der Waals surface area contributed by atoms with Crippen LogP contribution in [0, 0.1) is 5.82 Å². The van der Waals surface area contributed by atoms with Gasteiger partial charge in [-0.3, -0.25) is 0 Å². The molecule has 0 saturated heterocycles. The van der Waals surface area contributed by atoms with Crippen LogP contribution >= 0.6 is 0 Å². The van der Waals surface area contributed by atoms with Crippen molar-refractivity contribution < 1.29 is 13.5 Å². The number of halogens is 1. The van der Waals surface area contributed by atoms with Gasteiger partial charge in [0.1, 0.15) is 23.8 Å². The highest BCUT2D eigenvalue weighted by atomic mass is 19.1. The summed E-state index contributed by atoms with van der Waals surface area (Å²) in [7, 11) is 3.99. The highest BCUT2D eigenvalue weighted by molar-refractivity contribution is 5.99. The Labute approximate surface area is 179 Å². The number of nitrogens with one attached hydrogen (secondary N) is 1. The minimum atomic E-state index is -0.489. The highest BCUT2D eigenvalue weighted by Crippen LogP contribution is 2.34. The molecule has 4 aromatic rings. The fraction of sp³-hybridized carbons (Fsp3) is 0.160. The minimum Gasteiger partial charge on any atom is -0.492 e. The molecule has 1 heterocycles. The van der Waals surface area contributed by atoms with Gasteiger partial charge in [-0.25, -0.2) is 9.18 Å². The first-order chi connectivity index (χ1) is 15.0. The SMILES string of the molecule is CN(C)CCOc1ccc(Nc2c(-c3ccc(F)cc3)c(=O)oc3ccccc23)cc1. The van der Waals surface area contributed by atoms with Crippen molar-refractivity contribution >= 4 is 22.3 Å². The van der Waals surface area contributed by atoms with Gasteiger partial charge in [-0.05, 0) is 68.2 Å². The maximum absolute atomic E-state index is 13.4. The van der Waals surface area contributed by atoms with Crippen molar-refractivity contribution in [3.8, 4) is 16.9 Å². The third-order valence-electron chi connectivity index (χ3n) is 4.88. The molecule has 0 saturated carbocycles. The van der Waals surface area contributed by atoms with Gasteiger partial charge in [0.15, 0.2) is 0 Å². The van der Waals surface area contributed by atoms with Crippen LogP contribution in [-0.2, 0) is 0 Å². The average molecular weight is 418 g/mol. The molecular weight excluding hydrogens is 395 g/mol. The molecule has 0 fully saturated rings. The topological polar surface area (TPSA) is 54.7 Å². The summed E-state index contributed by atoms with van der Waals surface area (Å²) in [5, 5.41) is 4.11. The first kappa shape index (κ1) is 20.6. The molecule has 4 rings (SSSR count). The quantitative estimate of drug-likeness (QED) is 0.414. The van der Waals surface area contributed by atoms with Crippen LogP contribution in [0.2, 0.25) is 0 Å². The van der Waals surface area contributed by atoms with E-state index in [4.69, 9.17) is 9.15 Å². The molecule has 1 N–H and O–H groups in total. The lowest BCUT2D eigenvalue weighted by molar-refractivity contribution is 0.261. The molecule has 6 heteroatoms. The van der Waals surface area contributed by atoms with Crippen molar-refractivity contribution in [1.82, 2.24) is 4.90 Å². The third-order valence-corrected chi connectivity index (χ3v) is 4.88. The van der Waals surface area contributed by atoms with Gasteiger partial charge in [0.05, 0.1) is 11.3 Å². The molecule has 0 aliphatic rings. The molecular formula is C25H23FN2O3. The number of ether oxygens (including phenoxy) is 1. The molecule has 0 amide bonds. The number of para-hydroxylation sites is 1. The van der Waals surface area contributed by atoms with E-state index in [9.17, 15) is 9.18 Å². The molecule has 31 heavy (non-hydrogen) atoms. The highest BCUT2D eigenvalue weighted by Gasteiger charge is 2.17. The monoisotopic (exact) mass is 418 g/mol. The molecule has 0 radical (unpaired) electrons. The van der Waals surface area contributed by atoms with Crippen LogP contribution in [0.3, 0.4) is 0 Å². The number of benzene rings is 3. The van der Waals surface area contributed by atoms with E-state index in [0.717, 1.165) is 23.4 Å². The standard InChI is InChI=1S/C25H23FN2O3/c1-28(2)15-16-30-20-13-11-19(12-14-20)27-24-21-5-3-4-6-22(21)31-25(29)23(24)17-7-9-18(26)10-8-17/h3-14,27H,15-16H2,1-2H3. The molecule has 0 aliphatic heterocycles. The maximum Gasteiger partial charge on any atom is 0.346 e. The third kappa shape index (κ3) is 4.75. The summed E-state index contributed by atoms with van der Waals surface area (Å²) in [6.45, 7) is 1.42. The Kier molecular flexibility index (Phi) is 6.00. The average Bonchev–Trinajstić information content (AvgIpc) is 2.76. The smallest absolute Gasteiger partial charge is 0.346 e. The summed E-state index contributed by atoms with van der Waals surface area (Å²) in [5.74, 6) is 0.400. The number of rotatable bonds is 7. The Balaban J connectivity index is 1.71. The van der Waals surface area contributed by atoms with Gasteiger partial charge in [-0.2, -0.15) is 0 Å². The number of hydrogen-bond acceptors (Lipinski definition) is 5. The van der Waals surface area contributed by atoms with E-state index in [-0.39, 0.29) is 5.82 Å². The number of fused-ring (bicyclic) bond motifs is 1. The maximum atomic E-state index is 13.4. The Morgan fingerprint density at radius 3 is 2.39 bits per heavy atom. The van der Waals surface area contributed by atoms with Crippen LogP contribution in [0.15, 0.2) is 82.0 Å². The van der Waals surface area contributed by atoms with Crippen molar-refractivity contribution in [2.24, 2.45) is 0 Å². The fourth-order valence-corrected chi connectivity index (χ4v) is 3.28. The zero-order valence-electron chi connectivity index (χ0n) is 17.4. The summed E-state index contributed by atoms with van der Waals surface area (Å²) in [4.78, 5) is 14.9. The zero-order valence-corrected chi connectivity index (χ0v) is 17.4. The Morgan fingerprint density at radius 2 is 1.68 bits per heavy atom. The number of hydrogen-bond donors (Lipinski definition) is 1. The zero-order chi connectivity index (χ0) is 21.8. The van der Waals surface area contributed by atoms with E-state index in [2.05, 4.69) is 10.2 Å². The van der Waals surface area contributed by atoms with E-state index in [1.54, 1.807) is 18.2 Å². The molecule has 0 bridgehead atoms. The number of likely N-dealkylation sites (N-methyl/N-ethyl adjacent to an activating group) is 1. The second-order valence-corrected chi connectivity index (χ2v) is 7.44. The molecule has 3 aromatic carbocycles. The van der Waals surface area contributed by atoms with Gasteiger partial charge in [0, 0.05) is 17.6 Å². The lowest BCUT2D eigenvalue weighted by Crippen LogP contribution is -2.19. The van der Waals surface area contributed by atoms with Gasteiger partial charge < -0.3 is 19.4 Å². The molecule has 0 aliphatic carbocycles. The summed E-state index contributed by atoms with van der Waals surface area (Å²) < 4.78 is 24.7. The Morgan fingerprint density at radius 1 is 0.968 bits per heavy atom. The van der Waals surface area contributed by atoms with Crippen LogP contribution in [0.1, 0.15) is 0 Å². The summed E-state index contributed by atoms with van der Waals surface area (Å²) in [5.41, 5.74) is 2.32. The number of nitrogens with zero attached hydrogens (tertiary/aromatic N) is 1. The molecule has 0 unspecified atom stereocenters.